The van der Waals surface area contributed by atoms with Gasteiger partial charge in [-0.05, 0) is 57.0 Å². The Labute approximate surface area is 214 Å². The number of hydrogen-bond donors (Lipinski definition) is 3. The Morgan fingerprint density at radius 2 is 1.94 bits per heavy atom. The number of ether oxygens (including phenoxy) is 1. The highest BCUT2D eigenvalue weighted by Gasteiger charge is 2.29. The summed E-state index contributed by atoms with van der Waals surface area (Å²) in [6.07, 6.45) is 10.1. The van der Waals surface area contributed by atoms with Gasteiger partial charge >= 0.3 is 0 Å². The number of hydrogen-bond acceptors (Lipinski definition) is 10. The molecule has 6 rings (SSSR count). The summed E-state index contributed by atoms with van der Waals surface area (Å²) in [6.45, 7) is 5.79. The first-order valence-corrected chi connectivity index (χ1v) is 13.7. The van der Waals surface area contributed by atoms with Crippen molar-refractivity contribution in [1.82, 2.24) is 34.3 Å². The van der Waals surface area contributed by atoms with Crippen LogP contribution in [0.15, 0.2) is 12.4 Å². The molecule has 5 heterocycles. The fourth-order valence-corrected chi connectivity index (χ4v) is 6.36. The second-order valence-electron chi connectivity index (χ2n) is 9.99. The SMILES string of the molecule is Cc1nsc2nc(Nc3cnn(C4CCOCC4)c3)nc(N[C@H]3CC[C@H](N4CCNC(=O)C4)CC3)c12. The molecule has 3 aromatic rings. The topological polar surface area (TPSA) is 122 Å². The summed E-state index contributed by atoms with van der Waals surface area (Å²) in [7, 11) is 0. The van der Waals surface area contributed by atoms with Crippen LogP contribution in [0.1, 0.15) is 50.3 Å². The quantitative estimate of drug-likeness (QED) is 0.458. The second kappa shape index (κ2) is 10.3. The second-order valence-corrected chi connectivity index (χ2v) is 10.7. The van der Waals surface area contributed by atoms with Crippen molar-refractivity contribution in [2.24, 2.45) is 0 Å². The molecular formula is C24H33N9O2S. The van der Waals surface area contributed by atoms with E-state index < -0.39 is 0 Å². The number of carbonyl (C=O) groups is 1. The number of anilines is 3. The Balaban J connectivity index is 1.15. The van der Waals surface area contributed by atoms with E-state index in [0.717, 1.165) is 92.2 Å². The zero-order valence-corrected chi connectivity index (χ0v) is 21.4. The maximum atomic E-state index is 11.8. The Morgan fingerprint density at radius 3 is 2.75 bits per heavy atom. The summed E-state index contributed by atoms with van der Waals surface area (Å²) in [5.74, 6) is 1.53. The van der Waals surface area contributed by atoms with Gasteiger partial charge in [-0.3, -0.25) is 14.4 Å². The molecule has 1 saturated carbocycles. The van der Waals surface area contributed by atoms with Gasteiger partial charge < -0.3 is 20.7 Å². The van der Waals surface area contributed by atoms with Gasteiger partial charge in [0, 0.05) is 44.6 Å². The molecule has 0 spiro atoms. The van der Waals surface area contributed by atoms with Crippen LogP contribution in [0.3, 0.4) is 0 Å². The van der Waals surface area contributed by atoms with Gasteiger partial charge in [0.2, 0.25) is 11.9 Å². The number of fused-ring (bicyclic) bond motifs is 1. The molecule has 36 heavy (non-hydrogen) atoms. The van der Waals surface area contributed by atoms with E-state index in [2.05, 4.69) is 30.3 Å². The highest BCUT2D eigenvalue weighted by atomic mass is 32.1. The summed E-state index contributed by atoms with van der Waals surface area (Å²) < 4.78 is 12.0. The zero-order chi connectivity index (χ0) is 24.5. The predicted molar refractivity (Wildman–Crippen MR) is 139 cm³/mol. The number of nitrogens with zero attached hydrogens (tertiary/aromatic N) is 6. The zero-order valence-electron chi connectivity index (χ0n) is 20.6. The van der Waals surface area contributed by atoms with Crippen molar-refractivity contribution >= 4 is 45.1 Å². The maximum absolute atomic E-state index is 11.8. The Kier molecular flexibility index (Phi) is 6.72. The number of piperazine rings is 1. The molecule has 11 nitrogen and oxygen atoms in total. The largest absolute Gasteiger partial charge is 0.381 e. The standard InChI is InChI=1S/C24H33N9O2S/c1-15-21-22(27-16-2-4-18(5-3-16)32-9-8-25-20(34)14-32)29-24(30-23(21)36-31-15)28-17-12-26-33(13-17)19-6-10-35-11-7-19/h12-13,16,18-19H,2-11,14H2,1H3,(H,25,34)(H2,27,28,29,30)/t16-,18-. The first-order valence-electron chi connectivity index (χ1n) is 12.9. The number of aryl methyl sites for hydroxylation is 1. The highest BCUT2D eigenvalue weighted by molar-refractivity contribution is 7.13. The Morgan fingerprint density at radius 1 is 1.11 bits per heavy atom. The van der Waals surface area contributed by atoms with Crippen molar-refractivity contribution in [2.45, 2.75) is 63.6 Å². The monoisotopic (exact) mass is 511 g/mol. The summed E-state index contributed by atoms with van der Waals surface area (Å²) >= 11 is 1.40. The van der Waals surface area contributed by atoms with Crippen LogP contribution in [-0.2, 0) is 9.53 Å². The molecule has 1 aliphatic carbocycles. The Hall–Kier alpha value is -2.83. The lowest BCUT2D eigenvalue weighted by atomic mass is 9.89. The van der Waals surface area contributed by atoms with E-state index in [1.54, 1.807) is 0 Å². The minimum absolute atomic E-state index is 0.142. The van der Waals surface area contributed by atoms with E-state index in [1.165, 1.54) is 11.5 Å². The summed E-state index contributed by atoms with van der Waals surface area (Å²) in [4.78, 5) is 24.6. The average Bonchev–Trinajstić information content (AvgIpc) is 3.52. The van der Waals surface area contributed by atoms with Crippen LogP contribution >= 0.6 is 11.5 Å². The fourth-order valence-electron chi connectivity index (χ4n) is 5.58. The molecule has 3 fully saturated rings. The maximum Gasteiger partial charge on any atom is 0.234 e. The van der Waals surface area contributed by atoms with Crippen LogP contribution in [0.4, 0.5) is 17.5 Å². The number of aromatic nitrogens is 5. The molecule has 192 valence electrons. The van der Waals surface area contributed by atoms with Gasteiger partial charge in [-0.1, -0.05) is 0 Å². The fraction of sp³-hybridized carbons (Fsp3) is 0.625. The van der Waals surface area contributed by atoms with Crippen LogP contribution in [0.2, 0.25) is 0 Å². The van der Waals surface area contributed by atoms with Gasteiger partial charge in [-0.15, -0.1) is 0 Å². The molecule has 0 bridgehead atoms. The number of nitrogens with one attached hydrogen (secondary N) is 3. The van der Waals surface area contributed by atoms with Crippen molar-refractivity contribution < 1.29 is 9.53 Å². The lowest BCUT2D eigenvalue weighted by molar-refractivity contribution is -0.125. The molecule has 0 atom stereocenters. The smallest absolute Gasteiger partial charge is 0.234 e. The summed E-state index contributed by atoms with van der Waals surface area (Å²) in [6, 6.07) is 1.18. The van der Waals surface area contributed by atoms with Crippen LogP contribution in [0.25, 0.3) is 10.2 Å². The minimum atomic E-state index is 0.142. The normalized spacial score (nSPS) is 24.1. The lowest BCUT2D eigenvalue weighted by Gasteiger charge is -2.38. The van der Waals surface area contributed by atoms with Crippen molar-refractivity contribution in [2.75, 3.05) is 43.5 Å². The average molecular weight is 512 g/mol. The number of rotatable bonds is 6. The number of carbonyl (C=O) groups excluding carboxylic acids is 1. The minimum Gasteiger partial charge on any atom is -0.381 e. The van der Waals surface area contributed by atoms with Crippen LogP contribution in [0, 0.1) is 6.92 Å². The van der Waals surface area contributed by atoms with Gasteiger partial charge in [0.15, 0.2) is 4.83 Å². The molecule has 3 N–H and O–H groups in total. The molecule has 0 aromatic carbocycles. The molecule has 3 aromatic heterocycles. The van der Waals surface area contributed by atoms with E-state index >= 15 is 0 Å². The van der Waals surface area contributed by atoms with Gasteiger partial charge in [0.05, 0.1) is 35.6 Å². The molecule has 3 aliphatic rings. The van der Waals surface area contributed by atoms with Gasteiger partial charge in [0.25, 0.3) is 0 Å². The molecular weight excluding hydrogens is 478 g/mol. The van der Waals surface area contributed by atoms with Crippen molar-refractivity contribution in [3.8, 4) is 0 Å². The van der Waals surface area contributed by atoms with Gasteiger partial charge in [-0.25, -0.2) is 0 Å². The summed E-state index contributed by atoms with van der Waals surface area (Å²) in [5, 5.41) is 15.5. The highest BCUT2D eigenvalue weighted by Crippen LogP contribution is 2.32. The van der Waals surface area contributed by atoms with Gasteiger partial charge in [0.1, 0.15) is 5.82 Å². The summed E-state index contributed by atoms with van der Waals surface area (Å²) in [5.41, 5.74) is 1.82. The third kappa shape index (κ3) is 5.02. The van der Waals surface area contributed by atoms with Gasteiger partial charge in [-0.2, -0.15) is 19.4 Å². The first kappa shape index (κ1) is 23.6. The van der Waals surface area contributed by atoms with Crippen LogP contribution in [-0.4, -0.2) is 79.9 Å². The van der Waals surface area contributed by atoms with E-state index in [-0.39, 0.29) is 5.91 Å². The third-order valence-electron chi connectivity index (χ3n) is 7.55. The van der Waals surface area contributed by atoms with Crippen molar-refractivity contribution in [1.29, 1.82) is 0 Å². The van der Waals surface area contributed by atoms with E-state index in [1.807, 2.05) is 24.0 Å². The van der Waals surface area contributed by atoms with E-state index in [9.17, 15) is 4.79 Å². The molecule has 0 radical (unpaired) electrons. The lowest BCUT2D eigenvalue weighted by Crippen LogP contribution is -2.52. The van der Waals surface area contributed by atoms with E-state index in [4.69, 9.17) is 14.7 Å². The predicted octanol–water partition coefficient (Wildman–Crippen LogP) is 2.84. The molecule has 2 saturated heterocycles. The molecule has 2 aliphatic heterocycles. The van der Waals surface area contributed by atoms with Crippen molar-refractivity contribution in [3.05, 3.63) is 18.1 Å². The Bertz CT molecular complexity index is 1210. The first-order chi connectivity index (χ1) is 17.6. The van der Waals surface area contributed by atoms with Crippen LogP contribution in [0.5, 0.6) is 0 Å². The molecule has 0 unspecified atom stereocenters. The van der Waals surface area contributed by atoms with Crippen molar-refractivity contribution in [3.63, 3.8) is 0 Å². The van der Waals surface area contributed by atoms with E-state index in [0.29, 0.717) is 30.6 Å². The molecule has 1 amide bonds. The van der Waals surface area contributed by atoms with Crippen LogP contribution < -0.4 is 16.0 Å². The third-order valence-corrected chi connectivity index (χ3v) is 8.38. The number of amides is 1. The molecule has 12 heteroatoms.